The number of piperidine rings is 1. The van der Waals surface area contributed by atoms with Crippen molar-refractivity contribution < 1.29 is 9.59 Å². The lowest BCUT2D eigenvalue weighted by Crippen LogP contribution is -2.46. The minimum atomic E-state index is 0.0221. The number of benzene rings is 1. The van der Waals surface area contributed by atoms with E-state index in [1.54, 1.807) is 11.8 Å². The van der Waals surface area contributed by atoms with E-state index < -0.39 is 0 Å². The Bertz CT molecular complexity index is 666. The van der Waals surface area contributed by atoms with E-state index in [9.17, 15) is 9.59 Å². The molecular formula is C21H28N2O2S. The predicted molar refractivity (Wildman–Crippen MR) is 108 cm³/mol. The van der Waals surface area contributed by atoms with Gasteiger partial charge in [-0.25, -0.2) is 0 Å². The molecule has 3 rings (SSSR count). The fraction of sp³-hybridized carbons (Fsp3) is 0.524. The number of hydrogen-bond donors (Lipinski definition) is 0. The second kappa shape index (κ2) is 8.30. The second-order valence-electron chi connectivity index (χ2n) is 7.47. The van der Waals surface area contributed by atoms with Crippen LogP contribution in [0.25, 0.3) is 6.08 Å². The summed E-state index contributed by atoms with van der Waals surface area (Å²) in [4.78, 5) is 28.8. The molecule has 0 N–H and O–H groups in total. The largest absolute Gasteiger partial charge is 0.342 e. The number of amides is 2. The van der Waals surface area contributed by atoms with Gasteiger partial charge in [0.25, 0.3) is 0 Å². The van der Waals surface area contributed by atoms with Gasteiger partial charge >= 0.3 is 0 Å². The molecule has 2 saturated heterocycles. The zero-order valence-corrected chi connectivity index (χ0v) is 16.5. The van der Waals surface area contributed by atoms with Gasteiger partial charge in [-0.05, 0) is 31.6 Å². The van der Waals surface area contributed by atoms with Crippen LogP contribution in [0.4, 0.5) is 0 Å². The summed E-state index contributed by atoms with van der Waals surface area (Å²) < 4.78 is 0. The maximum Gasteiger partial charge on any atom is 0.235 e. The van der Waals surface area contributed by atoms with Crippen LogP contribution in [0.2, 0.25) is 0 Å². The van der Waals surface area contributed by atoms with Crippen molar-refractivity contribution in [2.45, 2.75) is 31.4 Å². The molecule has 0 saturated carbocycles. The van der Waals surface area contributed by atoms with Gasteiger partial charge in [-0.2, -0.15) is 11.8 Å². The molecule has 26 heavy (non-hydrogen) atoms. The summed E-state index contributed by atoms with van der Waals surface area (Å²) in [5.74, 6) is 0.485. The van der Waals surface area contributed by atoms with Crippen LogP contribution in [0.3, 0.4) is 0 Å². The zero-order chi connectivity index (χ0) is 18.6. The van der Waals surface area contributed by atoms with Crippen molar-refractivity contribution in [1.29, 1.82) is 0 Å². The van der Waals surface area contributed by atoms with Crippen LogP contribution in [0, 0.1) is 5.41 Å². The van der Waals surface area contributed by atoms with Crippen LogP contribution in [-0.4, -0.2) is 59.3 Å². The molecule has 0 radical (unpaired) electrons. The van der Waals surface area contributed by atoms with E-state index in [4.69, 9.17) is 0 Å². The third-order valence-electron chi connectivity index (χ3n) is 5.68. The molecule has 2 aliphatic heterocycles. The molecule has 1 aromatic rings. The summed E-state index contributed by atoms with van der Waals surface area (Å²) >= 11 is 1.60. The highest BCUT2D eigenvalue weighted by Gasteiger charge is 2.45. The summed E-state index contributed by atoms with van der Waals surface area (Å²) in [5.41, 5.74) is 1.22. The first-order valence-corrected chi connectivity index (χ1v) is 10.6. The van der Waals surface area contributed by atoms with E-state index in [0.717, 1.165) is 38.0 Å². The van der Waals surface area contributed by atoms with Gasteiger partial charge in [-0.15, -0.1) is 0 Å². The van der Waals surface area contributed by atoms with Crippen molar-refractivity contribution >= 4 is 29.7 Å². The van der Waals surface area contributed by atoms with Gasteiger partial charge in [-0.1, -0.05) is 42.5 Å². The average molecular weight is 373 g/mol. The third-order valence-corrected chi connectivity index (χ3v) is 6.59. The van der Waals surface area contributed by atoms with Gasteiger partial charge < -0.3 is 9.80 Å². The Morgan fingerprint density at radius 2 is 1.96 bits per heavy atom. The van der Waals surface area contributed by atoms with Gasteiger partial charge in [-0.3, -0.25) is 9.59 Å². The topological polar surface area (TPSA) is 40.6 Å². The normalized spacial score (nSPS) is 20.9. The molecule has 140 valence electrons. The zero-order valence-electron chi connectivity index (χ0n) is 15.7. The van der Waals surface area contributed by atoms with Crippen LogP contribution < -0.4 is 0 Å². The number of hydrogen-bond acceptors (Lipinski definition) is 3. The lowest BCUT2D eigenvalue weighted by atomic mass is 9.77. The highest BCUT2D eigenvalue weighted by molar-refractivity contribution is 7.99. The molecule has 2 heterocycles. The van der Waals surface area contributed by atoms with Crippen molar-refractivity contribution in [2.75, 3.05) is 32.4 Å². The molecule has 1 atom stereocenters. The Morgan fingerprint density at radius 1 is 1.27 bits per heavy atom. The van der Waals surface area contributed by atoms with Gasteiger partial charge in [0.15, 0.2) is 0 Å². The third kappa shape index (κ3) is 4.32. The minimum absolute atomic E-state index is 0.0221. The summed E-state index contributed by atoms with van der Waals surface area (Å²) in [6.07, 6.45) is 8.63. The number of carbonyl (C=O) groups is 2. The highest BCUT2D eigenvalue weighted by atomic mass is 32.2. The van der Waals surface area contributed by atoms with Crippen LogP contribution in [0.5, 0.6) is 0 Å². The van der Waals surface area contributed by atoms with Gasteiger partial charge in [0, 0.05) is 38.0 Å². The van der Waals surface area contributed by atoms with Crippen molar-refractivity contribution in [3.63, 3.8) is 0 Å². The molecule has 0 aromatic heterocycles. The summed E-state index contributed by atoms with van der Waals surface area (Å²) in [6.45, 7) is 5.03. The number of carbonyl (C=O) groups excluding carboxylic acids is 2. The number of rotatable bonds is 5. The molecule has 2 amide bonds. The standard InChI is InChI=1S/C21H28N2O2S/c1-17(26-2)20(25)22-13-10-21(11-14-22)15-19(24)23(16-21)12-6-9-18-7-4-3-5-8-18/h3-9,17H,10-16H2,1-2H3/b9-6+/t17-/m1/s1. The number of likely N-dealkylation sites (tertiary alicyclic amines) is 2. The highest BCUT2D eigenvalue weighted by Crippen LogP contribution is 2.41. The fourth-order valence-corrected chi connectivity index (χ4v) is 4.27. The molecule has 5 heteroatoms. The second-order valence-corrected chi connectivity index (χ2v) is 8.65. The molecule has 0 aliphatic carbocycles. The quantitative estimate of drug-likeness (QED) is 0.796. The van der Waals surface area contributed by atoms with Crippen LogP contribution >= 0.6 is 11.8 Å². The first-order chi connectivity index (χ1) is 12.5. The molecule has 1 spiro atoms. The lowest BCUT2D eigenvalue weighted by Gasteiger charge is -2.39. The Hall–Kier alpha value is -1.75. The molecule has 4 nitrogen and oxygen atoms in total. The Kier molecular flexibility index (Phi) is 6.07. The predicted octanol–water partition coefficient (Wildman–Crippen LogP) is 3.29. The molecule has 0 unspecified atom stereocenters. The maximum absolute atomic E-state index is 12.5. The van der Waals surface area contributed by atoms with E-state index in [1.165, 1.54) is 0 Å². The van der Waals surface area contributed by atoms with Crippen LogP contribution in [-0.2, 0) is 9.59 Å². The summed E-state index contributed by atoms with van der Waals surface area (Å²) in [6, 6.07) is 10.2. The summed E-state index contributed by atoms with van der Waals surface area (Å²) in [5, 5.41) is 0.0221. The Labute approximate surface area is 160 Å². The lowest BCUT2D eigenvalue weighted by molar-refractivity contribution is -0.132. The van der Waals surface area contributed by atoms with Crippen molar-refractivity contribution in [1.82, 2.24) is 9.80 Å². The van der Waals surface area contributed by atoms with Crippen LogP contribution in [0.15, 0.2) is 36.4 Å². The monoisotopic (exact) mass is 372 g/mol. The first kappa shape index (κ1) is 19.0. The minimum Gasteiger partial charge on any atom is -0.342 e. The molecular weight excluding hydrogens is 344 g/mol. The number of nitrogens with zero attached hydrogens (tertiary/aromatic N) is 2. The van der Waals surface area contributed by atoms with Gasteiger partial charge in [0.1, 0.15) is 0 Å². The fourth-order valence-electron chi connectivity index (χ4n) is 3.92. The van der Waals surface area contributed by atoms with Crippen molar-refractivity contribution in [3.05, 3.63) is 42.0 Å². The summed E-state index contributed by atoms with van der Waals surface area (Å²) in [7, 11) is 0. The van der Waals surface area contributed by atoms with Crippen molar-refractivity contribution in [3.8, 4) is 0 Å². The molecule has 1 aromatic carbocycles. The van der Waals surface area contributed by atoms with E-state index in [-0.39, 0.29) is 22.5 Å². The number of thioether (sulfide) groups is 1. The molecule has 2 aliphatic rings. The molecule has 0 bridgehead atoms. The van der Waals surface area contributed by atoms with Gasteiger partial charge in [0.2, 0.25) is 11.8 Å². The van der Waals surface area contributed by atoms with Crippen LogP contribution in [0.1, 0.15) is 31.7 Å². The van der Waals surface area contributed by atoms with Crippen molar-refractivity contribution in [2.24, 2.45) is 5.41 Å². The average Bonchev–Trinajstić information content (AvgIpc) is 2.97. The van der Waals surface area contributed by atoms with Gasteiger partial charge in [0.05, 0.1) is 5.25 Å². The van der Waals surface area contributed by atoms with E-state index >= 15 is 0 Å². The first-order valence-electron chi connectivity index (χ1n) is 9.34. The van der Waals surface area contributed by atoms with E-state index in [2.05, 4.69) is 24.3 Å². The molecule has 2 fully saturated rings. The maximum atomic E-state index is 12.5. The van der Waals surface area contributed by atoms with E-state index in [0.29, 0.717) is 13.0 Å². The Morgan fingerprint density at radius 3 is 2.62 bits per heavy atom. The smallest absolute Gasteiger partial charge is 0.235 e. The Balaban J connectivity index is 1.53. The van der Waals surface area contributed by atoms with E-state index in [1.807, 2.05) is 41.2 Å². The SMILES string of the molecule is CS[C@H](C)C(=O)N1CCC2(CC1)CC(=O)N(C/C=C/c1ccccc1)C2.